The summed E-state index contributed by atoms with van der Waals surface area (Å²) in [5.41, 5.74) is 7.29. The van der Waals surface area contributed by atoms with Crippen molar-refractivity contribution in [1.82, 2.24) is 15.0 Å². The predicted molar refractivity (Wildman–Crippen MR) is 156 cm³/mol. The van der Waals surface area contributed by atoms with E-state index in [0.717, 1.165) is 40.7 Å². The lowest BCUT2D eigenvalue weighted by Gasteiger charge is -2.14. The fourth-order valence-corrected chi connectivity index (χ4v) is 4.75. The average Bonchev–Trinajstić information content (AvgIpc) is 2.88. The Morgan fingerprint density at radius 2 is 1.11 bits per heavy atom. The van der Waals surface area contributed by atoms with Crippen LogP contribution < -0.4 is 4.74 Å². The molecule has 38 heavy (non-hydrogen) atoms. The maximum atomic E-state index is 10.2. The van der Waals surface area contributed by atoms with Crippen molar-refractivity contribution in [2.24, 2.45) is 0 Å². The first-order chi connectivity index (χ1) is 18.4. The standard InChI is InChI=1S/C33H39N3O2/c1-6-7-8-9-10-11-18-38-30-21-26(37)14-17-29(30)33-35-31(27-15-12-22(2)19-24(27)4)34-32(36-33)28-16-13-23(3)20-25(28)5/h12-17,19-21,37H,6-11,18H2,1-5H3. The van der Waals surface area contributed by atoms with Gasteiger partial charge < -0.3 is 9.84 Å². The summed E-state index contributed by atoms with van der Waals surface area (Å²) in [7, 11) is 0. The van der Waals surface area contributed by atoms with Crippen molar-refractivity contribution >= 4 is 0 Å². The van der Waals surface area contributed by atoms with Gasteiger partial charge in [0, 0.05) is 17.2 Å². The molecule has 1 aromatic heterocycles. The number of hydrogen-bond acceptors (Lipinski definition) is 5. The van der Waals surface area contributed by atoms with Crippen molar-refractivity contribution in [3.63, 3.8) is 0 Å². The molecule has 0 bridgehead atoms. The van der Waals surface area contributed by atoms with Crippen LogP contribution in [0.25, 0.3) is 34.2 Å². The molecule has 0 aliphatic carbocycles. The minimum Gasteiger partial charge on any atom is -0.508 e. The zero-order valence-corrected chi connectivity index (χ0v) is 23.3. The summed E-state index contributed by atoms with van der Waals surface area (Å²) < 4.78 is 6.19. The molecule has 1 N–H and O–H groups in total. The lowest BCUT2D eigenvalue weighted by Crippen LogP contribution is -2.04. The number of aromatic nitrogens is 3. The minimum atomic E-state index is 0.157. The Labute approximate surface area is 227 Å². The van der Waals surface area contributed by atoms with E-state index in [2.05, 4.69) is 71.0 Å². The van der Waals surface area contributed by atoms with Crippen LogP contribution in [-0.4, -0.2) is 26.7 Å². The van der Waals surface area contributed by atoms with Gasteiger partial charge in [0.25, 0.3) is 0 Å². The van der Waals surface area contributed by atoms with Crippen molar-refractivity contribution < 1.29 is 9.84 Å². The van der Waals surface area contributed by atoms with Crippen LogP contribution >= 0.6 is 0 Å². The molecule has 198 valence electrons. The van der Waals surface area contributed by atoms with Gasteiger partial charge in [-0.2, -0.15) is 0 Å². The molecule has 0 fully saturated rings. The maximum absolute atomic E-state index is 10.2. The van der Waals surface area contributed by atoms with Gasteiger partial charge in [-0.1, -0.05) is 86.6 Å². The third-order valence-electron chi connectivity index (χ3n) is 6.84. The Kier molecular flexibility index (Phi) is 9.11. The second-order valence-corrected chi connectivity index (χ2v) is 10.2. The second-order valence-electron chi connectivity index (χ2n) is 10.2. The number of aryl methyl sites for hydroxylation is 4. The first kappa shape index (κ1) is 27.3. The predicted octanol–water partition coefficient (Wildman–Crippen LogP) is 8.55. The fraction of sp³-hybridized carbons (Fsp3) is 0.364. The minimum absolute atomic E-state index is 0.157. The van der Waals surface area contributed by atoms with Crippen LogP contribution in [-0.2, 0) is 0 Å². The van der Waals surface area contributed by atoms with E-state index < -0.39 is 0 Å². The smallest absolute Gasteiger partial charge is 0.167 e. The molecule has 0 atom stereocenters. The first-order valence-corrected chi connectivity index (χ1v) is 13.7. The summed E-state index contributed by atoms with van der Waals surface area (Å²) in [6.45, 7) is 11.1. The van der Waals surface area contributed by atoms with E-state index in [1.54, 1.807) is 12.1 Å². The highest BCUT2D eigenvalue weighted by Crippen LogP contribution is 2.34. The van der Waals surface area contributed by atoms with E-state index in [9.17, 15) is 5.11 Å². The van der Waals surface area contributed by atoms with E-state index in [1.807, 2.05) is 6.07 Å². The largest absolute Gasteiger partial charge is 0.508 e. The molecule has 0 spiro atoms. The molecule has 0 amide bonds. The van der Waals surface area contributed by atoms with Crippen LogP contribution in [0.5, 0.6) is 11.5 Å². The molecule has 4 rings (SSSR count). The van der Waals surface area contributed by atoms with Crippen LogP contribution in [0.15, 0.2) is 54.6 Å². The molecule has 0 aliphatic heterocycles. The Bertz CT molecular complexity index is 1330. The van der Waals surface area contributed by atoms with E-state index in [0.29, 0.717) is 29.8 Å². The monoisotopic (exact) mass is 509 g/mol. The molecular weight excluding hydrogens is 470 g/mol. The van der Waals surface area contributed by atoms with Crippen LogP contribution in [0.3, 0.4) is 0 Å². The number of unbranched alkanes of at least 4 members (excludes halogenated alkanes) is 5. The molecule has 0 unspecified atom stereocenters. The van der Waals surface area contributed by atoms with Gasteiger partial charge in [0.05, 0.1) is 12.2 Å². The molecular formula is C33H39N3O2. The summed E-state index contributed by atoms with van der Waals surface area (Å²) in [5, 5.41) is 10.2. The topological polar surface area (TPSA) is 68.1 Å². The average molecular weight is 510 g/mol. The number of nitrogens with zero attached hydrogens (tertiary/aromatic N) is 3. The third kappa shape index (κ3) is 6.77. The van der Waals surface area contributed by atoms with Crippen molar-refractivity contribution in [2.45, 2.75) is 73.1 Å². The van der Waals surface area contributed by atoms with Gasteiger partial charge in [0.1, 0.15) is 11.5 Å². The molecule has 0 radical (unpaired) electrons. The van der Waals surface area contributed by atoms with Crippen molar-refractivity contribution in [3.8, 4) is 45.7 Å². The summed E-state index contributed by atoms with van der Waals surface area (Å²) in [6.07, 6.45) is 7.11. The van der Waals surface area contributed by atoms with Crippen LogP contribution in [0, 0.1) is 27.7 Å². The Hall–Kier alpha value is -3.73. The zero-order chi connectivity index (χ0) is 27.1. The molecule has 3 aromatic carbocycles. The number of hydrogen-bond donors (Lipinski definition) is 1. The molecule has 5 heteroatoms. The SMILES string of the molecule is CCCCCCCCOc1cc(O)ccc1-c1nc(-c2ccc(C)cc2C)nc(-c2ccc(C)cc2C)n1. The fourth-order valence-electron chi connectivity index (χ4n) is 4.75. The Morgan fingerprint density at radius 1 is 0.605 bits per heavy atom. The second kappa shape index (κ2) is 12.7. The summed E-state index contributed by atoms with van der Waals surface area (Å²) >= 11 is 0. The van der Waals surface area contributed by atoms with Gasteiger partial charge in [0.2, 0.25) is 0 Å². The van der Waals surface area contributed by atoms with E-state index in [-0.39, 0.29) is 5.75 Å². The molecule has 0 aliphatic rings. The highest BCUT2D eigenvalue weighted by molar-refractivity contribution is 5.72. The van der Waals surface area contributed by atoms with Gasteiger partial charge in [-0.25, -0.2) is 15.0 Å². The maximum Gasteiger partial charge on any atom is 0.167 e. The van der Waals surface area contributed by atoms with Crippen molar-refractivity contribution in [3.05, 3.63) is 76.9 Å². The summed E-state index contributed by atoms with van der Waals surface area (Å²) in [6, 6.07) is 17.7. The Morgan fingerprint density at radius 3 is 1.66 bits per heavy atom. The lowest BCUT2D eigenvalue weighted by molar-refractivity contribution is 0.304. The summed E-state index contributed by atoms with van der Waals surface area (Å²) in [5.74, 6) is 2.52. The molecule has 1 heterocycles. The van der Waals surface area contributed by atoms with Gasteiger partial charge in [0.15, 0.2) is 17.5 Å². The van der Waals surface area contributed by atoms with Crippen LogP contribution in [0.1, 0.15) is 67.7 Å². The molecule has 5 nitrogen and oxygen atoms in total. The molecule has 0 saturated heterocycles. The van der Waals surface area contributed by atoms with Crippen LogP contribution in [0.4, 0.5) is 0 Å². The van der Waals surface area contributed by atoms with E-state index >= 15 is 0 Å². The normalized spacial score (nSPS) is 11.1. The van der Waals surface area contributed by atoms with Gasteiger partial charge in [-0.15, -0.1) is 0 Å². The number of benzene rings is 3. The van der Waals surface area contributed by atoms with Gasteiger partial charge >= 0.3 is 0 Å². The van der Waals surface area contributed by atoms with E-state index in [4.69, 9.17) is 19.7 Å². The van der Waals surface area contributed by atoms with Gasteiger partial charge in [-0.3, -0.25) is 0 Å². The number of rotatable bonds is 11. The molecule has 0 saturated carbocycles. The summed E-state index contributed by atoms with van der Waals surface area (Å²) in [4.78, 5) is 14.8. The zero-order valence-electron chi connectivity index (χ0n) is 23.3. The Balaban J connectivity index is 1.75. The van der Waals surface area contributed by atoms with E-state index in [1.165, 1.54) is 36.8 Å². The number of phenolic OH excluding ortho intramolecular Hbond substituents is 1. The number of ether oxygens (including phenoxy) is 1. The van der Waals surface area contributed by atoms with Crippen LogP contribution in [0.2, 0.25) is 0 Å². The number of phenols is 1. The van der Waals surface area contributed by atoms with Crippen molar-refractivity contribution in [1.29, 1.82) is 0 Å². The third-order valence-corrected chi connectivity index (χ3v) is 6.84. The number of aromatic hydroxyl groups is 1. The lowest BCUT2D eigenvalue weighted by atomic mass is 10.0. The highest BCUT2D eigenvalue weighted by atomic mass is 16.5. The first-order valence-electron chi connectivity index (χ1n) is 13.7. The van der Waals surface area contributed by atoms with Crippen molar-refractivity contribution in [2.75, 3.05) is 6.61 Å². The quantitative estimate of drug-likeness (QED) is 0.205. The highest BCUT2D eigenvalue weighted by Gasteiger charge is 2.18. The molecule has 4 aromatic rings. The van der Waals surface area contributed by atoms with Gasteiger partial charge in [-0.05, 0) is 57.4 Å².